The van der Waals surface area contributed by atoms with Crippen LogP contribution in [0, 0.1) is 0 Å². The molecular formula is C21H16N6O3. The van der Waals surface area contributed by atoms with E-state index in [2.05, 4.69) is 19.9 Å². The third-order valence-corrected chi connectivity index (χ3v) is 4.91. The van der Waals surface area contributed by atoms with Crippen molar-refractivity contribution in [2.75, 3.05) is 7.11 Å². The van der Waals surface area contributed by atoms with E-state index >= 15 is 0 Å². The minimum absolute atomic E-state index is 0.0627. The number of nitrogens with two attached hydrogens (primary N) is 1. The van der Waals surface area contributed by atoms with Crippen molar-refractivity contribution >= 4 is 28.0 Å². The number of amides is 1. The summed E-state index contributed by atoms with van der Waals surface area (Å²) >= 11 is 0. The summed E-state index contributed by atoms with van der Waals surface area (Å²) in [6.45, 7) is 0. The van der Waals surface area contributed by atoms with Gasteiger partial charge in [0, 0.05) is 17.3 Å². The molecule has 9 heteroatoms. The van der Waals surface area contributed by atoms with Crippen LogP contribution in [0.3, 0.4) is 0 Å². The number of ether oxygens (including phenoxy) is 1. The smallest absolute Gasteiger partial charge is 0.332 e. The van der Waals surface area contributed by atoms with Gasteiger partial charge >= 0.3 is 5.69 Å². The minimum Gasteiger partial charge on any atom is -0.495 e. The quantitative estimate of drug-likeness (QED) is 0.426. The highest BCUT2D eigenvalue weighted by Gasteiger charge is 2.21. The Balaban J connectivity index is 1.84. The van der Waals surface area contributed by atoms with Gasteiger partial charge in [-0.15, -0.1) is 0 Å². The lowest BCUT2D eigenvalue weighted by Gasteiger charge is -2.10. The fourth-order valence-corrected chi connectivity index (χ4v) is 3.52. The van der Waals surface area contributed by atoms with Crippen LogP contribution in [0.15, 0.2) is 59.5 Å². The first-order valence-corrected chi connectivity index (χ1v) is 9.10. The molecule has 0 spiro atoms. The highest BCUT2D eigenvalue weighted by molar-refractivity contribution is 6.02. The number of primary amides is 1. The maximum atomic E-state index is 12.8. The zero-order valence-corrected chi connectivity index (χ0v) is 15.8. The van der Waals surface area contributed by atoms with Gasteiger partial charge in [-0.3, -0.25) is 4.79 Å². The van der Waals surface area contributed by atoms with Crippen LogP contribution in [0.2, 0.25) is 0 Å². The second kappa shape index (κ2) is 6.59. The van der Waals surface area contributed by atoms with E-state index in [0.29, 0.717) is 17.0 Å². The molecule has 148 valence electrons. The molecule has 0 fully saturated rings. The van der Waals surface area contributed by atoms with E-state index in [4.69, 9.17) is 10.5 Å². The number of H-pyrrole nitrogens is 2. The van der Waals surface area contributed by atoms with Crippen LogP contribution in [0.1, 0.15) is 10.5 Å². The van der Waals surface area contributed by atoms with E-state index < -0.39 is 11.6 Å². The van der Waals surface area contributed by atoms with Crippen molar-refractivity contribution in [1.82, 2.24) is 24.5 Å². The number of aromatic nitrogens is 5. The Bertz CT molecular complexity index is 1490. The van der Waals surface area contributed by atoms with Crippen LogP contribution in [0.25, 0.3) is 39.1 Å². The van der Waals surface area contributed by atoms with Gasteiger partial charge in [0.2, 0.25) is 0 Å². The van der Waals surface area contributed by atoms with Crippen molar-refractivity contribution in [1.29, 1.82) is 0 Å². The van der Waals surface area contributed by atoms with Gasteiger partial charge in [-0.1, -0.05) is 24.3 Å². The number of nitrogens with zero attached hydrogens (tertiary/aromatic N) is 3. The molecule has 0 saturated carbocycles. The molecule has 0 unspecified atom stereocenters. The van der Waals surface area contributed by atoms with E-state index in [1.54, 1.807) is 24.3 Å². The molecule has 0 atom stereocenters. The fourth-order valence-electron chi connectivity index (χ4n) is 3.52. The van der Waals surface area contributed by atoms with E-state index in [9.17, 15) is 9.59 Å². The standard InChI is InChI=1S/C21H16N6O3/c1-30-15-5-3-2-4-14(15)27-20-17(25-21(27)29)16(18(22)28)24-19(26-20)12-7-6-11-8-9-23-13(11)10-12/h2-10,23H,1H3,(H2,22,28)(H,25,29). The predicted molar refractivity (Wildman–Crippen MR) is 112 cm³/mol. The highest BCUT2D eigenvalue weighted by Crippen LogP contribution is 2.27. The van der Waals surface area contributed by atoms with Crippen LogP contribution in [-0.2, 0) is 0 Å². The Labute approximate surface area is 169 Å². The summed E-state index contributed by atoms with van der Waals surface area (Å²) in [6, 6.07) is 14.6. The lowest BCUT2D eigenvalue weighted by Crippen LogP contribution is -2.16. The molecule has 0 aliphatic carbocycles. The molecule has 0 saturated heterocycles. The first-order valence-electron chi connectivity index (χ1n) is 9.10. The van der Waals surface area contributed by atoms with Gasteiger partial charge in [0.1, 0.15) is 11.3 Å². The van der Waals surface area contributed by atoms with Gasteiger partial charge in [0.25, 0.3) is 5.91 Å². The van der Waals surface area contributed by atoms with E-state index in [-0.39, 0.29) is 22.7 Å². The molecule has 5 aromatic rings. The van der Waals surface area contributed by atoms with Crippen LogP contribution < -0.4 is 16.2 Å². The molecule has 3 aromatic heterocycles. The molecule has 9 nitrogen and oxygen atoms in total. The molecule has 1 amide bonds. The normalized spacial score (nSPS) is 11.2. The summed E-state index contributed by atoms with van der Waals surface area (Å²) in [4.78, 5) is 39.6. The summed E-state index contributed by atoms with van der Waals surface area (Å²) in [5.74, 6) is -0.0115. The monoisotopic (exact) mass is 400 g/mol. The number of methoxy groups -OCH3 is 1. The fraction of sp³-hybridized carbons (Fsp3) is 0.0476. The summed E-state index contributed by atoms with van der Waals surface area (Å²) in [7, 11) is 1.51. The SMILES string of the molecule is COc1ccccc1-n1c(=O)[nH]c2c(C(N)=O)nc(-c3ccc4cc[nH]c4c3)nc21. The molecule has 30 heavy (non-hydrogen) atoms. The number of carbonyl (C=O) groups excluding carboxylic acids is 1. The molecule has 0 aliphatic rings. The number of hydrogen-bond acceptors (Lipinski definition) is 5. The molecule has 3 heterocycles. The highest BCUT2D eigenvalue weighted by atomic mass is 16.5. The number of fused-ring (bicyclic) bond motifs is 2. The molecular weight excluding hydrogens is 384 g/mol. The number of nitrogens with one attached hydrogen (secondary N) is 2. The number of aromatic amines is 2. The Morgan fingerprint density at radius 1 is 1.13 bits per heavy atom. The zero-order valence-electron chi connectivity index (χ0n) is 15.8. The average molecular weight is 400 g/mol. The Hall–Kier alpha value is -4.40. The summed E-state index contributed by atoms with van der Waals surface area (Å²) in [6.07, 6.45) is 1.83. The van der Waals surface area contributed by atoms with Gasteiger partial charge < -0.3 is 20.4 Å². The zero-order chi connectivity index (χ0) is 20.8. The maximum absolute atomic E-state index is 12.8. The largest absolute Gasteiger partial charge is 0.495 e. The first-order chi connectivity index (χ1) is 14.6. The Morgan fingerprint density at radius 2 is 1.97 bits per heavy atom. The van der Waals surface area contributed by atoms with E-state index in [1.165, 1.54) is 11.7 Å². The predicted octanol–water partition coefficient (Wildman–Crippen LogP) is 2.36. The van der Waals surface area contributed by atoms with Gasteiger partial charge in [0.05, 0.1) is 12.8 Å². The van der Waals surface area contributed by atoms with Crippen molar-refractivity contribution in [3.8, 4) is 22.8 Å². The summed E-state index contributed by atoms with van der Waals surface area (Å²) in [5.41, 5.74) is 7.47. The lowest BCUT2D eigenvalue weighted by atomic mass is 10.1. The van der Waals surface area contributed by atoms with Gasteiger partial charge in [-0.25, -0.2) is 19.3 Å². The number of carbonyl (C=O) groups is 1. The molecule has 0 radical (unpaired) electrons. The molecule has 5 rings (SSSR count). The number of rotatable bonds is 4. The molecule has 0 aliphatic heterocycles. The molecule has 0 bridgehead atoms. The van der Waals surface area contributed by atoms with Gasteiger partial charge in [-0.05, 0) is 29.7 Å². The topological polar surface area (TPSA) is 132 Å². The second-order valence-corrected chi connectivity index (χ2v) is 6.68. The summed E-state index contributed by atoms with van der Waals surface area (Å²) < 4.78 is 6.74. The van der Waals surface area contributed by atoms with E-state index in [1.807, 2.05) is 30.5 Å². The van der Waals surface area contributed by atoms with Crippen molar-refractivity contribution in [2.24, 2.45) is 5.73 Å². The van der Waals surface area contributed by atoms with Crippen LogP contribution in [0.4, 0.5) is 0 Å². The minimum atomic E-state index is -0.766. The first kappa shape index (κ1) is 17.7. The van der Waals surface area contributed by atoms with Crippen LogP contribution >= 0.6 is 0 Å². The van der Waals surface area contributed by atoms with Crippen molar-refractivity contribution < 1.29 is 9.53 Å². The number of benzene rings is 2. The maximum Gasteiger partial charge on any atom is 0.332 e. The molecule has 2 aromatic carbocycles. The second-order valence-electron chi connectivity index (χ2n) is 6.68. The third-order valence-electron chi connectivity index (χ3n) is 4.91. The number of imidazole rings is 1. The van der Waals surface area contributed by atoms with E-state index in [0.717, 1.165) is 10.9 Å². The average Bonchev–Trinajstić information content (AvgIpc) is 3.35. The van der Waals surface area contributed by atoms with Crippen LogP contribution in [-0.4, -0.2) is 37.5 Å². The number of para-hydroxylation sites is 2. The lowest BCUT2D eigenvalue weighted by molar-refractivity contribution is 0.0997. The third kappa shape index (κ3) is 2.64. The van der Waals surface area contributed by atoms with Crippen molar-refractivity contribution in [2.45, 2.75) is 0 Å². The van der Waals surface area contributed by atoms with Crippen molar-refractivity contribution in [3.05, 3.63) is 70.9 Å². The Morgan fingerprint density at radius 3 is 2.77 bits per heavy atom. The van der Waals surface area contributed by atoms with Gasteiger partial charge in [-0.2, -0.15) is 0 Å². The Kier molecular flexibility index (Phi) is 3.88. The van der Waals surface area contributed by atoms with Crippen molar-refractivity contribution in [3.63, 3.8) is 0 Å². The van der Waals surface area contributed by atoms with Crippen LogP contribution in [0.5, 0.6) is 5.75 Å². The molecule has 4 N–H and O–H groups in total. The van der Waals surface area contributed by atoms with Gasteiger partial charge in [0.15, 0.2) is 17.2 Å². The number of hydrogen-bond donors (Lipinski definition) is 3. The summed E-state index contributed by atoms with van der Waals surface area (Å²) in [5, 5.41) is 1.03.